The first-order chi connectivity index (χ1) is 11.2. The minimum atomic E-state index is -4.82. The third-order valence-electron chi connectivity index (χ3n) is 3.20. The van der Waals surface area contributed by atoms with Crippen LogP contribution in [-0.2, 0) is 6.18 Å². The van der Waals surface area contributed by atoms with E-state index in [-0.39, 0.29) is 6.29 Å². The number of carbonyl (C=O) groups excluding carboxylic acids is 1. The molecule has 0 aromatic heterocycles. The van der Waals surface area contributed by atoms with E-state index in [9.17, 15) is 38.2 Å². The van der Waals surface area contributed by atoms with Crippen LogP contribution in [0.3, 0.4) is 0 Å². The van der Waals surface area contributed by atoms with Crippen molar-refractivity contribution in [1.82, 2.24) is 0 Å². The molecule has 7 nitrogen and oxygen atoms in total. The first-order valence-electron chi connectivity index (χ1n) is 6.26. The fraction of sp³-hybridized carbons (Fsp3) is 0.0714. The van der Waals surface area contributed by atoms with E-state index >= 15 is 0 Å². The number of rotatable bonds is 4. The molecule has 0 heterocycles. The second kappa shape index (κ2) is 6.07. The number of alkyl halides is 3. The number of benzene rings is 2. The summed E-state index contributed by atoms with van der Waals surface area (Å²) in [5.41, 5.74) is -5.27. The lowest BCUT2D eigenvalue weighted by atomic mass is 9.95. The average Bonchev–Trinajstić information content (AvgIpc) is 2.52. The topological polar surface area (TPSA) is 103 Å². The van der Waals surface area contributed by atoms with Gasteiger partial charge in [-0.1, -0.05) is 18.2 Å². The molecule has 0 aliphatic carbocycles. The Bertz CT molecular complexity index is 849. The molecule has 0 bridgehead atoms. The quantitative estimate of drug-likeness (QED) is 0.475. The van der Waals surface area contributed by atoms with Crippen LogP contribution in [0.25, 0.3) is 11.1 Å². The molecular formula is C14H7F3N2O5. The average molecular weight is 340 g/mol. The van der Waals surface area contributed by atoms with Crippen molar-refractivity contribution >= 4 is 17.7 Å². The maximum Gasteiger partial charge on any atom is 0.417 e. The minimum Gasteiger partial charge on any atom is -0.298 e. The molecule has 0 amide bonds. The molecule has 0 spiro atoms. The zero-order valence-corrected chi connectivity index (χ0v) is 11.6. The normalized spacial score (nSPS) is 11.1. The summed E-state index contributed by atoms with van der Waals surface area (Å²) in [5, 5.41) is 22.3. The second-order valence-corrected chi connectivity index (χ2v) is 4.57. The number of hydrogen-bond donors (Lipinski definition) is 0. The number of nitro benzene ring substituents is 2. The van der Waals surface area contributed by atoms with Crippen LogP contribution in [0, 0.1) is 20.2 Å². The van der Waals surface area contributed by atoms with Gasteiger partial charge in [0.05, 0.1) is 26.5 Å². The Kier molecular flexibility index (Phi) is 4.31. The summed E-state index contributed by atoms with van der Waals surface area (Å²) in [6.07, 6.45) is -4.78. The summed E-state index contributed by atoms with van der Waals surface area (Å²) in [5.74, 6) is 0. The molecule has 24 heavy (non-hydrogen) atoms. The third kappa shape index (κ3) is 2.93. The molecule has 2 aromatic rings. The fourth-order valence-electron chi connectivity index (χ4n) is 2.25. The standard InChI is InChI=1S/C14H7F3N2O5/c15-14(16,17)11-4-2-1-3-9(11)10-6-5-8(7-20)12(18(21)22)13(10)19(23)24/h1-7H. The molecule has 0 aliphatic rings. The molecule has 0 aliphatic heterocycles. The lowest BCUT2D eigenvalue weighted by molar-refractivity contribution is -0.422. The molecule has 124 valence electrons. The Morgan fingerprint density at radius 3 is 1.96 bits per heavy atom. The summed E-state index contributed by atoms with van der Waals surface area (Å²) >= 11 is 0. The Morgan fingerprint density at radius 1 is 0.875 bits per heavy atom. The van der Waals surface area contributed by atoms with Crippen LogP contribution in [0.1, 0.15) is 15.9 Å². The van der Waals surface area contributed by atoms with Gasteiger partial charge in [0.25, 0.3) is 0 Å². The lowest BCUT2D eigenvalue weighted by Crippen LogP contribution is -2.08. The molecule has 0 unspecified atom stereocenters. The highest BCUT2D eigenvalue weighted by molar-refractivity contribution is 5.91. The number of carbonyl (C=O) groups is 1. The van der Waals surface area contributed by atoms with Gasteiger partial charge < -0.3 is 0 Å². The van der Waals surface area contributed by atoms with Gasteiger partial charge >= 0.3 is 17.6 Å². The van der Waals surface area contributed by atoms with E-state index in [4.69, 9.17) is 0 Å². The van der Waals surface area contributed by atoms with Gasteiger partial charge in [-0.3, -0.25) is 25.0 Å². The third-order valence-corrected chi connectivity index (χ3v) is 3.20. The van der Waals surface area contributed by atoms with Crippen molar-refractivity contribution in [3.8, 4) is 11.1 Å². The summed E-state index contributed by atoms with van der Waals surface area (Å²) < 4.78 is 39.3. The highest BCUT2D eigenvalue weighted by Crippen LogP contribution is 2.44. The van der Waals surface area contributed by atoms with E-state index in [2.05, 4.69) is 0 Å². The number of halogens is 3. The van der Waals surface area contributed by atoms with Crippen LogP contribution < -0.4 is 0 Å². The first-order valence-corrected chi connectivity index (χ1v) is 6.26. The number of nitro groups is 2. The monoisotopic (exact) mass is 340 g/mol. The Hall–Kier alpha value is -3.30. The molecule has 0 saturated heterocycles. The van der Waals surface area contributed by atoms with Gasteiger partial charge in [-0.25, -0.2) is 0 Å². The van der Waals surface area contributed by atoms with E-state index in [0.717, 1.165) is 24.3 Å². The first kappa shape index (κ1) is 17.1. The fourth-order valence-corrected chi connectivity index (χ4v) is 2.25. The van der Waals surface area contributed by atoms with Crippen molar-refractivity contribution in [3.63, 3.8) is 0 Å². The number of nitrogens with zero attached hydrogens (tertiary/aromatic N) is 2. The Balaban J connectivity index is 2.92. The Labute approximate surface area is 131 Å². The van der Waals surface area contributed by atoms with Gasteiger partial charge in [-0.05, 0) is 18.2 Å². The molecule has 0 atom stereocenters. The van der Waals surface area contributed by atoms with Crippen LogP contribution in [0.15, 0.2) is 36.4 Å². The largest absolute Gasteiger partial charge is 0.417 e. The molecule has 10 heteroatoms. The predicted molar refractivity (Wildman–Crippen MR) is 75.6 cm³/mol. The number of aldehydes is 1. The van der Waals surface area contributed by atoms with Crippen LogP contribution in [0.4, 0.5) is 24.5 Å². The van der Waals surface area contributed by atoms with E-state index in [1.165, 1.54) is 6.07 Å². The second-order valence-electron chi connectivity index (χ2n) is 4.57. The zero-order chi connectivity index (χ0) is 18.1. The number of hydrogen-bond acceptors (Lipinski definition) is 5. The molecule has 0 fully saturated rings. The highest BCUT2D eigenvalue weighted by Gasteiger charge is 2.38. The molecule has 0 saturated carbocycles. The van der Waals surface area contributed by atoms with Crippen molar-refractivity contribution in [2.75, 3.05) is 0 Å². The smallest absolute Gasteiger partial charge is 0.298 e. The molecule has 2 aromatic carbocycles. The van der Waals surface area contributed by atoms with Crippen LogP contribution in [-0.4, -0.2) is 16.1 Å². The van der Waals surface area contributed by atoms with Crippen LogP contribution in [0.5, 0.6) is 0 Å². The van der Waals surface area contributed by atoms with E-state index in [1.807, 2.05) is 0 Å². The van der Waals surface area contributed by atoms with Gasteiger partial charge in [0.15, 0.2) is 6.29 Å². The molecule has 2 rings (SSSR count). The van der Waals surface area contributed by atoms with E-state index in [1.54, 1.807) is 0 Å². The lowest BCUT2D eigenvalue weighted by Gasteiger charge is -2.13. The Morgan fingerprint density at radius 2 is 1.46 bits per heavy atom. The van der Waals surface area contributed by atoms with Gasteiger partial charge in [0, 0.05) is 5.56 Å². The SMILES string of the molecule is O=Cc1ccc(-c2ccccc2C(F)(F)F)c([N+](=O)[O-])c1[N+](=O)[O-]. The van der Waals surface area contributed by atoms with Crippen molar-refractivity contribution in [2.45, 2.75) is 6.18 Å². The van der Waals surface area contributed by atoms with Gasteiger partial charge in [-0.2, -0.15) is 13.2 Å². The molecule has 0 N–H and O–H groups in total. The molecular weight excluding hydrogens is 333 g/mol. The van der Waals surface area contributed by atoms with Crippen molar-refractivity contribution in [2.24, 2.45) is 0 Å². The van der Waals surface area contributed by atoms with Crippen molar-refractivity contribution < 1.29 is 27.8 Å². The summed E-state index contributed by atoms with van der Waals surface area (Å²) in [4.78, 5) is 30.9. The van der Waals surface area contributed by atoms with Crippen LogP contribution >= 0.6 is 0 Å². The minimum absolute atomic E-state index is 0.0323. The van der Waals surface area contributed by atoms with Crippen molar-refractivity contribution in [1.29, 1.82) is 0 Å². The predicted octanol–water partition coefficient (Wildman–Crippen LogP) is 4.00. The maximum absolute atomic E-state index is 13.1. The zero-order valence-electron chi connectivity index (χ0n) is 11.6. The molecule has 0 radical (unpaired) electrons. The van der Waals surface area contributed by atoms with E-state index in [0.29, 0.717) is 6.07 Å². The van der Waals surface area contributed by atoms with E-state index < -0.39 is 49.7 Å². The summed E-state index contributed by atoms with van der Waals surface area (Å²) in [6.45, 7) is 0. The van der Waals surface area contributed by atoms with Gasteiger partial charge in [0.1, 0.15) is 0 Å². The maximum atomic E-state index is 13.1. The van der Waals surface area contributed by atoms with Gasteiger partial charge in [-0.15, -0.1) is 0 Å². The van der Waals surface area contributed by atoms with Crippen LogP contribution in [0.2, 0.25) is 0 Å². The van der Waals surface area contributed by atoms with Crippen molar-refractivity contribution in [3.05, 3.63) is 67.8 Å². The summed E-state index contributed by atoms with van der Waals surface area (Å²) in [6, 6.07) is 5.74. The summed E-state index contributed by atoms with van der Waals surface area (Å²) in [7, 11) is 0. The highest BCUT2D eigenvalue weighted by atomic mass is 19.4. The van der Waals surface area contributed by atoms with Gasteiger partial charge in [0.2, 0.25) is 0 Å².